The van der Waals surface area contributed by atoms with Crippen LogP contribution in [0.1, 0.15) is 52.9 Å². The molecule has 0 heterocycles. The van der Waals surface area contributed by atoms with Gasteiger partial charge in [0, 0.05) is 6.04 Å². The van der Waals surface area contributed by atoms with Crippen molar-refractivity contribution in [3.63, 3.8) is 0 Å². The summed E-state index contributed by atoms with van der Waals surface area (Å²) in [7, 11) is 0. The molecule has 1 aliphatic carbocycles. The summed E-state index contributed by atoms with van der Waals surface area (Å²) in [4.78, 5) is 11.7. The van der Waals surface area contributed by atoms with Crippen molar-refractivity contribution in [1.82, 2.24) is 5.32 Å². The highest BCUT2D eigenvalue weighted by Gasteiger charge is 2.27. The standard InChI is InChI=1S/C14H25NO2/c1-5-8-11-9-6-7-10-12(11)15-13(16)17-14(2,3)4/h5,11-12H,1,6-10H2,2-4H3,(H,15,16)/t11-,12+/m0/s1. The number of carbonyl (C=O) groups is 1. The van der Waals surface area contributed by atoms with Gasteiger partial charge in [-0.15, -0.1) is 6.58 Å². The van der Waals surface area contributed by atoms with Crippen LogP contribution in [0, 0.1) is 5.92 Å². The van der Waals surface area contributed by atoms with Gasteiger partial charge < -0.3 is 10.1 Å². The Morgan fingerprint density at radius 3 is 2.65 bits per heavy atom. The van der Waals surface area contributed by atoms with E-state index in [4.69, 9.17) is 4.74 Å². The number of hydrogen-bond acceptors (Lipinski definition) is 2. The molecule has 0 aliphatic heterocycles. The molecule has 0 bridgehead atoms. The summed E-state index contributed by atoms with van der Waals surface area (Å²) in [6.45, 7) is 9.43. The van der Waals surface area contributed by atoms with E-state index in [2.05, 4.69) is 11.9 Å². The SMILES string of the molecule is C=CC[C@H]1CCCC[C@H]1NC(=O)OC(C)(C)C. The first kappa shape index (κ1) is 14.1. The highest BCUT2D eigenvalue weighted by Crippen LogP contribution is 2.27. The maximum absolute atomic E-state index is 11.7. The van der Waals surface area contributed by atoms with E-state index < -0.39 is 5.60 Å². The minimum Gasteiger partial charge on any atom is -0.444 e. The number of alkyl carbamates (subject to hydrolysis) is 1. The van der Waals surface area contributed by atoms with Crippen molar-refractivity contribution in [2.24, 2.45) is 5.92 Å². The third-order valence-corrected chi connectivity index (χ3v) is 3.08. The largest absolute Gasteiger partial charge is 0.444 e. The van der Waals surface area contributed by atoms with Crippen LogP contribution in [0.5, 0.6) is 0 Å². The van der Waals surface area contributed by atoms with Gasteiger partial charge in [-0.3, -0.25) is 0 Å². The van der Waals surface area contributed by atoms with E-state index in [0.717, 1.165) is 12.8 Å². The number of hydrogen-bond donors (Lipinski definition) is 1. The van der Waals surface area contributed by atoms with Crippen LogP contribution >= 0.6 is 0 Å². The van der Waals surface area contributed by atoms with Crippen LogP contribution in [0.4, 0.5) is 4.79 Å². The van der Waals surface area contributed by atoms with Gasteiger partial charge in [0.05, 0.1) is 0 Å². The summed E-state index contributed by atoms with van der Waals surface area (Å²) in [5.74, 6) is 0.522. The van der Waals surface area contributed by atoms with Crippen molar-refractivity contribution >= 4 is 6.09 Å². The topological polar surface area (TPSA) is 38.3 Å². The summed E-state index contributed by atoms with van der Waals surface area (Å²) in [5.41, 5.74) is -0.424. The molecule has 3 heteroatoms. The van der Waals surface area contributed by atoms with E-state index in [-0.39, 0.29) is 12.1 Å². The molecule has 1 amide bonds. The molecule has 1 aliphatic rings. The van der Waals surface area contributed by atoms with Gasteiger partial charge in [-0.25, -0.2) is 4.79 Å². The molecule has 0 aromatic rings. The molecule has 3 nitrogen and oxygen atoms in total. The van der Waals surface area contributed by atoms with E-state index in [9.17, 15) is 4.79 Å². The van der Waals surface area contributed by atoms with E-state index >= 15 is 0 Å². The highest BCUT2D eigenvalue weighted by atomic mass is 16.6. The number of rotatable bonds is 3. The number of nitrogens with one attached hydrogen (secondary N) is 1. The molecular formula is C14H25NO2. The zero-order valence-electron chi connectivity index (χ0n) is 11.3. The second kappa shape index (κ2) is 6.08. The van der Waals surface area contributed by atoms with Crippen molar-refractivity contribution in [2.75, 3.05) is 0 Å². The molecule has 1 rings (SSSR count). The summed E-state index contributed by atoms with van der Waals surface area (Å²) in [5, 5.41) is 3.00. The first-order chi connectivity index (χ1) is 7.92. The predicted octanol–water partition coefficient (Wildman–Crippen LogP) is 3.65. The predicted molar refractivity (Wildman–Crippen MR) is 69.9 cm³/mol. The van der Waals surface area contributed by atoms with Gasteiger partial charge in [0.25, 0.3) is 0 Å². The van der Waals surface area contributed by atoms with E-state index in [1.54, 1.807) is 0 Å². The lowest BCUT2D eigenvalue weighted by molar-refractivity contribution is 0.0469. The van der Waals surface area contributed by atoms with Crippen molar-refractivity contribution in [3.05, 3.63) is 12.7 Å². The summed E-state index contributed by atoms with van der Waals surface area (Å²) >= 11 is 0. The van der Waals surface area contributed by atoms with Crippen molar-refractivity contribution in [2.45, 2.75) is 64.5 Å². The van der Waals surface area contributed by atoms with Crippen LogP contribution < -0.4 is 5.32 Å². The zero-order chi connectivity index (χ0) is 12.9. The quantitative estimate of drug-likeness (QED) is 0.763. The maximum Gasteiger partial charge on any atom is 0.407 e. The van der Waals surface area contributed by atoms with Gasteiger partial charge in [-0.05, 0) is 46.0 Å². The van der Waals surface area contributed by atoms with Gasteiger partial charge in [0.2, 0.25) is 0 Å². The Labute approximate surface area is 105 Å². The van der Waals surface area contributed by atoms with Crippen LogP contribution in [-0.4, -0.2) is 17.7 Å². The Hall–Kier alpha value is -0.990. The molecule has 0 aromatic carbocycles. The Bertz CT molecular complexity index is 268. The molecule has 2 atom stereocenters. The van der Waals surface area contributed by atoms with E-state index in [1.165, 1.54) is 19.3 Å². The molecule has 17 heavy (non-hydrogen) atoms. The van der Waals surface area contributed by atoms with Crippen molar-refractivity contribution < 1.29 is 9.53 Å². The lowest BCUT2D eigenvalue weighted by atomic mass is 9.82. The Balaban J connectivity index is 2.47. The maximum atomic E-state index is 11.7. The van der Waals surface area contributed by atoms with Gasteiger partial charge in [-0.1, -0.05) is 18.9 Å². The van der Waals surface area contributed by atoms with Crippen LogP contribution in [0.2, 0.25) is 0 Å². The minimum absolute atomic E-state index is 0.247. The third kappa shape index (κ3) is 5.24. The molecule has 0 unspecified atom stereocenters. The molecule has 0 saturated heterocycles. The molecule has 1 saturated carbocycles. The Morgan fingerprint density at radius 2 is 2.06 bits per heavy atom. The normalized spacial score (nSPS) is 25.1. The monoisotopic (exact) mass is 239 g/mol. The lowest BCUT2D eigenvalue weighted by Crippen LogP contribution is -2.44. The van der Waals surface area contributed by atoms with Crippen molar-refractivity contribution in [3.8, 4) is 0 Å². The number of allylic oxidation sites excluding steroid dienone is 1. The fourth-order valence-electron chi connectivity index (χ4n) is 2.35. The van der Waals surface area contributed by atoms with Crippen LogP contribution in [0.25, 0.3) is 0 Å². The van der Waals surface area contributed by atoms with Crippen molar-refractivity contribution in [1.29, 1.82) is 0 Å². The van der Waals surface area contributed by atoms with Crippen LogP contribution in [-0.2, 0) is 4.74 Å². The molecule has 0 radical (unpaired) electrons. The number of ether oxygens (including phenoxy) is 1. The fourth-order valence-corrected chi connectivity index (χ4v) is 2.35. The van der Waals surface area contributed by atoms with E-state index in [1.807, 2.05) is 26.8 Å². The molecule has 0 spiro atoms. The first-order valence-electron chi connectivity index (χ1n) is 6.53. The Kier molecular flexibility index (Phi) is 5.03. The van der Waals surface area contributed by atoms with Gasteiger partial charge in [0.15, 0.2) is 0 Å². The number of amides is 1. The summed E-state index contributed by atoms with van der Waals surface area (Å²) in [6, 6.07) is 0.247. The molecular weight excluding hydrogens is 214 g/mol. The number of carbonyl (C=O) groups excluding carboxylic acids is 1. The second-order valence-electron chi connectivity index (χ2n) is 5.82. The highest BCUT2D eigenvalue weighted by molar-refractivity contribution is 5.68. The fraction of sp³-hybridized carbons (Fsp3) is 0.786. The van der Waals surface area contributed by atoms with Gasteiger partial charge in [0.1, 0.15) is 5.60 Å². The lowest BCUT2D eigenvalue weighted by Gasteiger charge is -2.32. The second-order valence-corrected chi connectivity index (χ2v) is 5.82. The molecule has 1 fully saturated rings. The summed E-state index contributed by atoms with van der Waals surface area (Å²) < 4.78 is 5.29. The van der Waals surface area contributed by atoms with Gasteiger partial charge >= 0.3 is 6.09 Å². The van der Waals surface area contributed by atoms with E-state index in [0.29, 0.717) is 5.92 Å². The van der Waals surface area contributed by atoms with Gasteiger partial charge in [-0.2, -0.15) is 0 Å². The third-order valence-electron chi connectivity index (χ3n) is 3.08. The molecule has 98 valence electrons. The average Bonchev–Trinajstić information content (AvgIpc) is 2.18. The Morgan fingerprint density at radius 1 is 1.41 bits per heavy atom. The first-order valence-corrected chi connectivity index (χ1v) is 6.53. The zero-order valence-corrected chi connectivity index (χ0v) is 11.3. The summed E-state index contributed by atoms with van der Waals surface area (Å²) in [6.07, 6.45) is 7.29. The van der Waals surface area contributed by atoms with Crippen LogP contribution in [0.3, 0.4) is 0 Å². The molecule has 1 N–H and O–H groups in total. The molecule has 0 aromatic heterocycles. The smallest absolute Gasteiger partial charge is 0.407 e. The minimum atomic E-state index is -0.424. The van der Waals surface area contributed by atoms with Crippen LogP contribution in [0.15, 0.2) is 12.7 Å². The average molecular weight is 239 g/mol.